The molecule has 0 bridgehead atoms. The Morgan fingerprint density at radius 1 is 0.788 bits per heavy atom. The molecule has 0 heterocycles. The number of hydrogen-bond acceptors (Lipinski definition) is 6. The van der Waals surface area contributed by atoms with Crippen LogP contribution < -0.4 is 14.8 Å². The van der Waals surface area contributed by atoms with Crippen molar-refractivity contribution in [2.45, 2.75) is 13.8 Å². The van der Waals surface area contributed by atoms with Crippen molar-refractivity contribution < 1.29 is 28.6 Å². The summed E-state index contributed by atoms with van der Waals surface area (Å²) in [6.07, 6.45) is 0. The fraction of sp³-hybridized carbons (Fsp3) is 0.192. The van der Waals surface area contributed by atoms with Crippen LogP contribution in [0.15, 0.2) is 60.7 Å². The average Bonchev–Trinajstić information content (AvgIpc) is 2.83. The van der Waals surface area contributed by atoms with E-state index in [1.807, 2.05) is 26.0 Å². The number of rotatable bonds is 8. The Bertz CT molecular complexity index is 1180. The molecule has 0 spiro atoms. The molecule has 0 atom stereocenters. The molecule has 0 saturated carbocycles. The highest BCUT2D eigenvalue weighted by molar-refractivity contribution is 6.15. The van der Waals surface area contributed by atoms with E-state index < -0.39 is 18.5 Å². The molecular weight excluding hydrogens is 422 g/mol. The third-order valence-electron chi connectivity index (χ3n) is 5.00. The highest BCUT2D eigenvalue weighted by Crippen LogP contribution is 2.26. The van der Waals surface area contributed by atoms with E-state index in [4.69, 9.17) is 14.2 Å². The Hall–Kier alpha value is -4.13. The normalized spacial score (nSPS) is 10.3. The maximum atomic E-state index is 13.1. The molecule has 0 aliphatic heterocycles. The van der Waals surface area contributed by atoms with Crippen molar-refractivity contribution in [1.82, 2.24) is 0 Å². The monoisotopic (exact) mass is 447 g/mol. The van der Waals surface area contributed by atoms with Crippen molar-refractivity contribution in [3.05, 3.63) is 88.5 Å². The summed E-state index contributed by atoms with van der Waals surface area (Å²) in [5.41, 5.74) is 3.00. The topological polar surface area (TPSA) is 90.9 Å². The second kappa shape index (κ2) is 10.5. The van der Waals surface area contributed by atoms with Gasteiger partial charge in [0.1, 0.15) is 11.5 Å². The first kappa shape index (κ1) is 23.5. The highest BCUT2D eigenvalue weighted by atomic mass is 16.5. The molecule has 1 N–H and O–H groups in total. The Labute approximate surface area is 192 Å². The zero-order valence-electron chi connectivity index (χ0n) is 18.9. The number of carbonyl (C=O) groups excluding carboxylic acids is 3. The number of hydrogen-bond donors (Lipinski definition) is 1. The summed E-state index contributed by atoms with van der Waals surface area (Å²) < 4.78 is 15.5. The van der Waals surface area contributed by atoms with E-state index in [0.717, 1.165) is 11.1 Å². The third-order valence-corrected chi connectivity index (χ3v) is 5.00. The summed E-state index contributed by atoms with van der Waals surface area (Å²) in [6.45, 7) is 3.21. The summed E-state index contributed by atoms with van der Waals surface area (Å²) in [4.78, 5) is 38.2. The number of esters is 1. The summed E-state index contributed by atoms with van der Waals surface area (Å²) in [5, 5.41) is 2.63. The number of methoxy groups -OCH3 is 2. The molecule has 1 amide bonds. The molecule has 3 rings (SSSR count). The Kier molecular flexibility index (Phi) is 7.46. The summed E-state index contributed by atoms with van der Waals surface area (Å²) in [7, 11) is 3.00. The average molecular weight is 447 g/mol. The molecule has 170 valence electrons. The molecule has 0 saturated heterocycles. The van der Waals surface area contributed by atoms with Gasteiger partial charge in [0.2, 0.25) is 0 Å². The largest absolute Gasteiger partial charge is 0.497 e. The predicted molar refractivity (Wildman–Crippen MR) is 124 cm³/mol. The number of ketones is 1. The maximum absolute atomic E-state index is 13.1. The molecule has 0 aliphatic rings. The molecule has 0 radical (unpaired) electrons. The standard InChI is InChI=1S/C26H25NO6/c1-16-9-10-17(2)23(11-16)25(29)21-7-5-6-8-22(21)26(30)33-15-24(28)27-18-12-19(31-3)14-20(13-18)32-4/h5-14H,15H2,1-4H3,(H,27,28). The van der Waals surface area contributed by atoms with Crippen LogP contribution in [-0.2, 0) is 9.53 Å². The summed E-state index contributed by atoms with van der Waals surface area (Å²) >= 11 is 0. The van der Waals surface area contributed by atoms with Crippen LogP contribution in [0.2, 0.25) is 0 Å². The highest BCUT2D eigenvalue weighted by Gasteiger charge is 2.21. The molecule has 0 aromatic heterocycles. The van der Waals surface area contributed by atoms with Crippen molar-refractivity contribution in [2.75, 3.05) is 26.1 Å². The first-order chi connectivity index (χ1) is 15.8. The Morgan fingerprint density at radius 3 is 2.06 bits per heavy atom. The lowest BCUT2D eigenvalue weighted by atomic mass is 9.94. The van der Waals surface area contributed by atoms with Gasteiger partial charge in [-0.05, 0) is 31.5 Å². The second-order valence-corrected chi connectivity index (χ2v) is 7.42. The van der Waals surface area contributed by atoms with E-state index >= 15 is 0 Å². The third kappa shape index (κ3) is 5.77. The number of benzene rings is 3. The minimum Gasteiger partial charge on any atom is -0.497 e. The zero-order chi connectivity index (χ0) is 24.0. The first-order valence-corrected chi connectivity index (χ1v) is 10.2. The SMILES string of the molecule is COc1cc(NC(=O)COC(=O)c2ccccc2C(=O)c2cc(C)ccc2C)cc(OC)c1. The van der Waals surface area contributed by atoms with E-state index in [2.05, 4.69) is 5.32 Å². The van der Waals surface area contributed by atoms with Gasteiger partial charge in [-0.1, -0.05) is 35.9 Å². The van der Waals surface area contributed by atoms with Crippen molar-refractivity contribution in [3.8, 4) is 11.5 Å². The fourth-order valence-electron chi connectivity index (χ4n) is 3.27. The molecule has 0 unspecified atom stereocenters. The molecule has 33 heavy (non-hydrogen) atoms. The molecule has 3 aromatic carbocycles. The van der Waals surface area contributed by atoms with Crippen LogP contribution in [0.1, 0.15) is 37.4 Å². The first-order valence-electron chi connectivity index (χ1n) is 10.2. The lowest BCUT2D eigenvalue weighted by Crippen LogP contribution is -2.22. The van der Waals surface area contributed by atoms with E-state index in [1.165, 1.54) is 20.3 Å². The number of nitrogens with one attached hydrogen (secondary N) is 1. The van der Waals surface area contributed by atoms with Gasteiger partial charge in [0.05, 0.1) is 19.8 Å². The molecule has 7 heteroatoms. The molecular formula is C26H25NO6. The zero-order valence-corrected chi connectivity index (χ0v) is 18.9. The number of amides is 1. The fourth-order valence-corrected chi connectivity index (χ4v) is 3.27. The van der Waals surface area contributed by atoms with Gasteiger partial charge in [0, 0.05) is 35.0 Å². The van der Waals surface area contributed by atoms with Gasteiger partial charge in [0.15, 0.2) is 12.4 Å². The van der Waals surface area contributed by atoms with Crippen LogP contribution in [0.25, 0.3) is 0 Å². The van der Waals surface area contributed by atoms with Crippen LogP contribution in [0.3, 0.4) is 0 Å². The van der Waals surface area contributed by atoms with Crippen molar-refractivity contribution in [2.24, 2.45) is 0 Å². The van der Waals surface area contributed by atoms with Crippen LogP contribution >= 0.6 is 0 Å². The second-order valence-electron chi connectivity index (χ2n) is 7.42. The van der Waals surface area contributed by atoms with Gasteiger partial charge < -0.3 is 19.5 Å². The molecule has 0 aliphatic carbocycles. The lowest BCUT2D eigenvalue weighted by Gasteiger charge is -2.12. The van der Waals surface area contributed by atoms with Crippen molar-refractivity contribution in [3.63, 3.8) is 0 Å². The Morgan fingerprint density at radius 2 is 1.42 bits per heavy atom. The van der Waals surface area contributed by atoms with Gasteiger partial charge in [-0.2, -0.15) is 0 Å². The minimum atomic E-state index is -0.761. The van der Waals surface area contributed by atoms with Crippen molar-refractivity contribution in [1.29, 1.82) is 0 Å². The number of aryl methyl sites for hydroxylation is 2. The quantitative estimate of drug-likeness (QED) is 0.408. The summed E-state index contributed by atoms with van der Waals surface area (Å²) in [5.74, 6) is -0.586. The van der Waals surface area contributed by atoms with Crippen LogP contribution in [0.4, 0.5) is 5.69 Å². The predicted octanol–water partition coefficient (Wildman–Crippen LogP) is 4.35. The molecule has 7 nitrogen and oxygen atoms in total. The van der Waals surface area contributed by atoms with E-state index in [-0.39, 0.29) is 16.9 Å². The molecule has 0 fully saturated rings. The summed E-state index contributed by atoms with van der Waals surface area (Å²) in [6, 6.07) is 16.9. The van der Waals surface area contributed by atoms with Crippen LogP contribution in [-0.4, -0.2) is 38.5 Å². The number of carbonyl (C=O) groups is 3. The van der Waals surface area contributed by atoms with Crippen LogP contribution in [0.5, 0.6) is 11.5 Å². The number of ether oxygens (including phenoxy) is 3. The van der Waals surface area contributed by atoms with Gasteiger partial charge in [0.25, 0.3) is 5.91 Å². The number of anilines is 1. The Balaban J connectivity index is 1.72. The molecule has 3 aromatic rings. The van der Waals surface area contributed by atoms with Gasteiger partial charge in [-0.25, -0.2) is 4.79 Å². The van der Waals surface area contributed by atoms with Gasteiger partial charge in [-0.3, -0.25) is 9.59 Å². The lowest BCUT2D eigenvalue weighted by molar-refractivity contribution is -0.119. The van der Waals surface area contributed by atoms with Crippen LogP contribution in [0, 0.1) is 13.8 Å². The van der Waals surface area contributed by atoms with E-state index in [1.54, 1.807) is 42.5 Å². The minimum absolute atomic E-state index is 0.0965. The maximum Gasteiger partial charge on any atom is 0.339 e. The van der Waals surface area contributed by atoms with Crippen molar-refractivity contribution >= 4 is 23.3 Å². The van der Waals surface area contributed by atoms with Gasteiger partial charge in [-0.15, -0.1) is 0 Å². The van der Waals surface area contributed by atoms with Gasteiger partial charge >= 0.3 is 5.97 Å². The smallest absolute Gasteiger partial charge is 0.339 e. The van der Waals surface area contributed by atoms with E-state index in [9.17, 15) is 14.4 Å². The van der Waals surface area contributed by atoms with E-state index in [0.29, 0.717) is 22.7 Å².